The monoisotopic (exact) mass is 356 g/mol. The number of amides is 3. The van der Waals surface area contributed by atoms with Gasteiger partial charge in [0.05, 0.1) is 5.69 Å². The number of imide groups is 1. The number of carbonyl (C=O) groups excluding carboxylic acids is 2. The summed E-state index contributed by atoms with van der Waals surface area (Å²) in [5, 5.41) is 3.03. The first-order valence-electron chi connectivity index (χ1n) is 7.64. The van der Waals surface area contributed by atoms with E-state index in [0.29, 0.717) is 35.4 Å². The number of fused-ring (bicyclic) bond motifs is 1. The number of urea groups is 1. The predicted molar refractivity (Wildman–Crippen MR) is 92.9 cm³/mol. The van der Waals surface area contributed by atoms with Gasteiger partial charge in [-0.2, -0.15) is 0 Å². The zero-order valence-corrected chi connectivity index (χ0v) is 13.7. The van der Waals surface area contributed by atoms with Gasteiger partial charge in [0.1, 0.15) is 18.9 Å². The molecule has 0 saturated carbocycles. The molecule has 1 saturated heterocycles. The third-order valence-corrected chi connectivity index (χ3v) is 4.06. The van der Waals surface area contributed by atoms with Crippen molar-refractivity contribution in [3.05, 3.63) is 58.7 Å². The molecule has 126 valence electrons. The Labute approximate surface area is 148 Å². The molecule has 2 aromatic rings. The van der Waals surface area contributed by atoms with Gasteiger partial charge in [-0.25, -0.2) is 9.69 Å². The lowest BCUT2D eigenvalue weighted by Gasteiger charge is -2.18. The Kier molecular flexibility index (Phi) is 3.82. The molecule has 2 aliphatic rings. The van der Waals surface area contributed by atoms with Crippen LogP contribution in [0.1, 0.15) is 5.56 Å². The zero-order valence-electron chi connectivity index (χ0n) is 13.0. The van der Waals surface area contributed by atoms with Crippen LogP contribution in [-0.4, -0.2) is 25.2 Å². The number of benzene rings is 2. The largest absolute Gasteiger partial charge is 0.486 e. The summed E-state index contributed by atoms with van der Waals surface area (Å²) in [6.07, 6.45) is 1.60. The highest BCUT2D eigenvalue weighted by Crippen LogP contribution is 2.32. The quantitative estimate of drug-likeness (QED) is 0.662. The second kappa shape index (κ2) is 6.14. The number of rotatable bonds is 2. The molecule has 6 nitrogen and oxygen atoms in total. The molecular weight excluding hydrogens is 344 g/mol. The van der Waals surface area contributed by atoms with E-state index in [1.807, 2.05) is 0 Å². The maximum atomic E-state index is 12.6. The van der Waals surface area contributed by atoms with Crippen LogP contribution in [0.5, 0.6) is 11.5 Å². The minimum absolute atomic E-state index is 0.182. The molecule has 25 heavy (non-hydrogen) atoms. The Morgan fingerprint density at radius 2 is 1.84 bits per heavy atom. The lowest BCUT2D eigenvalue weighted by atomic mass is 10.1. The van der Waals surface area contributed by atoms with Crippen molar-refractivity contribution < 1.29 is 19.1 Å². The molecule has 7 heteroatoms. The van der Waals surface area contributed by atoms with Crippen molar-refractivity contribution in [2.24, 2.45) is 0 Å². The van der Waals surface area contributed by atoms with Gasteiger partial charge in [0.15, 0.2) is 11.5 Å². The zero-order chi connectivity index (χ0) is 17.4. The fraction of sp³-hybridized carbons (Fsp3) is 0.111. The fourth-order valence-electron chi connectivity index (χ4n) is 2.70. The van der Waals surface area contributed by atoms with E-state index in [9.17, 15) is 9.59 Å². The van der Waals surface area contributed by atoms with Crippen LogP contribution in [0.2, 0.25) is 5.02 Å². The van der Waals surface area contributed by atoms with Gasteiger partial charge in [-0.3, -0.25) is 4.79 Å². The fourth-order valence-corrected chi connectivity index (χ4v) is 2.89. The van der Waals surface area contributed by atoms with Gasteiger partial charge in [0.25, 0.3) is 5.91 Å². The van der Waals surface area contributed by atoms with Gasteiger partial charge in [-0.05, 0) is 42.0 Å². The van der Waals surface area contributed by atoms with Crippen molar-refractivity contribution in [3.8, 4) is 11.5 Å². The number of hydrogen-bond donors (Lipinski definition) is 1. The van der Waals surface area contributed by atoms with Gasteiger partial charge in [-0.15, -0.1) is 0 Å². The van der Waals surface area contributed by atoms with Gasteiger partial charge < -0.3 is 14.8 Å². The topological polar surface area (TPSA) is 67.9 Å². The van der Waals surface area contributed by atoms with E-state index in [1.54, 1.807) is 48.5 Å². The van der Waals surface area contributed by atoms with E-state index >= 15 is 0 Å². The van der Waals surface area contributed by atoms with E-state index in [-0.39, 0.29) is 5.70 Å². The molecule has 0 unspecified atom stereocenters. The maximum Gasteiger partial charge on any atom is 0.333 e. The smallest absolute Gasteiger partial charge is 0.333 e. The average Bonchev–Trinajstić information content (AvgIpc) is 2.88. The second-order valence-electron chi connectivity index (χ2n) is 5.51. The Bertz CT molecular complexity index is 910. The van der Waals surface area contributed by atoms with E-state index in [4.69, 9.17) is 21.1 Å². The summed E-state index contributed by atoms with van der Waals surface area (Å²) in [6, 6.07) is 11.4. The Balaban J connectivity index is 1.64. The maximum absolute atomic E-state index is 12.6. The lowest BCUT2D eigenvalue weighted by molar-refractivity contribution is -0.113. The van der Waals surface area contributed by atoms with Crippen LogP contribution in [0.3, 0.4) is 0 Å². The number of halogens is 1. The third-order valence-electron chi connectivity index (χ3n) is 3.82. The van der Waals surface area contributed by atoms with Crippen molar-refractivity contribution >= 4 is 35.3 Å². The molecule has 1 fully saturated rings. The molecule has 3 amide bonds. The molecule has 4 rings (SSSR count). The molecule has 2 aliphatic heterocycles. The first kappa shape index (κ1) is 15.5. The van der Waals surface area contributed by atoms with Crippen molar-refractivity contribution in [3.63, 3.8) is 0 Å². The molecule has 0 radical (unpaired) electrons. The van der Waals surface area contributed by atoms with Gasteiger partial charge in [0.2, 0.25) is 0 Å². The van der Waals surface area contributed by atoms with E-state index in [2.05, 4.69) is 5.32 Å². The summed E-state index contributed by atoms with van der Waals surface area (Å²) < 4.78 is 11.0. The summed E-state index contributed by atoms with van der Waals surface area (Å²) in [5.41, 5.74) is 1.32. The number of nitrogens with one attached hydrogen (secondary N) is 1. The molecule has 0 aromatic heterocycles. The second-order valence-corrected chi connectivity index (χ2v) is 5.95. The highest BCUT2D eigenvalue weighted by Gasteiger charge is 2.35. The Hall–Kier alpha value is -2.99. The average molecular weight is 357 g/mol. The Morgan fingerprint density at radius 3 is 2.64 bits per heavy atom. The van der Waals surface area contributed by atoms with Crippen LogP contribution < -0.4 is 19.7 Å². The van der Waals surface area contributed by atoms with Gasteiger partial charge >= 0.3 is 6.03 Å². The molecule has 2 heterocycles. The summed E-state index contributed by atoms with van der Waals surface area (Å²) in [5.74, 6) is 0.835. The van der Waals surface area contributed by atoms with Crippen molar-refractivity contribution in [2.45, 2.75) is 0 Å². The first-order valence-corrected chi connectivity index (χ1v) is 8.02. The summed E-state index contributed by atoms with van der Waals surface area (Å²) in [4.78, 5) is 25.8. The normalized spacial score (nSPS) is 17.8. The Morgan fingerprint density at radius 1 is 1.04 bits per heavy atom. The van der Waals surface area contributed by atoms with Gasteiger partial charge in [0, 0.05) is 5.02 Å². The van der Waals surface area contributed by atoms with Crippen LogP contribution in [0.4, 0.5) is 10.5 Å². The minimum Gasteiger partial charge on any atom is -0.486 e. The van der Waals surface area contributed by atoms with Crippen LogP contribution in [-0.2, 0) is 4.79 Å². The lowest BCUT2D eigenvalue weighted by Crippen LogP contribution is -2.30. The third kappa shape index (κ3) is 2.92. The van der Waals surface area contributed by atoms with Crippen molar-refractivity contribution in [2.75, 3.05) is 18.1 Å². The summed E-state index contributed by atoms with van der Waals surface area (Å²) in [6.45, 7) is 0.988. The first-order chi connectivity index (χ1) is 12.1. The molecule has 2 aromatic carbocycles. The number of ether oxygens (including phenoxy) is 2. The van der Waals surface area contributed by atoms with E-state index < -0.39 is 11.9 Å². The van der Waals surface area contributed by atoms with E-state index in [0.717, 1.165) is 10.5 Å². The minimum atomic E-state index is -0.518. The van der Waals surface area contributed by atoms with Crippen LogP contribution in [0.25, 0.3) is 6.08 Å². The van der Waals surface area contributed by atoms with Crippen molar-refractivity contribution in [1.29, 1.82) is 0 Å². The molecule has 0 spiro atoms. The predicted octanol–water partition coefficient (Wildman–Crippen LogP) is 3.21. The van der Waals surface area contributed by atoms with Gasteiger partial charge in [-0.1, -0.05) is 23.7 Å². The van der Waals surface area contributed by atoms with Crippen LogP contribution >= 0.6 is 11.6 Å². The van der Waals surface area contributed by atoms with Crippen LogP contribution in [0, 0.1) is 0 Å². The molecular formula is C18H13ClN2O4. The van der Waals surface area contributed by atoms with Crippen molar-refractivity contribution in [1.82, 2.24) is 5.32 Å². The number of anilines is 1. The standard InChI is InChI=1S/C18H13ClN2O4/c19-12-2-1-3-13(10-12)21-17(22)14(20-18(21)23)8-11-4-5-15-16(9-11)25-7-6-24-15/h1-5,8-10H,6-7H2,(H,20,23)/b14-8+. The highest BCUT2D eigenvalue weighted by molar-refractivity contribution is 6.32. The number of hydrogen-bond acceptors (Lipinski definition) is 4. The molecule has 0 atom stereocenters. The highest BCUT2D eigenvalue weighted by atomic mass is 35.5. The molecule has 0 aliphatic carbocycles. The molecule has 0 bridgehead atoms. The van der Waals surface area contributed by atoms with Crippen LogP contribution in [0.15, 0.2) is 48.2 Å². The SMILES string of the molecule is O=C1N/C(=C/c2ccc3c(c2)OCCO3)C(=O)N1c1cccc(Cl)c1. The molecule has 1 N–H and O–H groups in total. The summed E-state index contributed by atoms with van der Waals surface area (Å²) in [7, 11) is 0. The van der Waals surface area contributed by atoms with E-state index in [1.165, 1.54) is 0 Å². The number of carbonyl (C=O) groups is 2. The number of nitrogens with zero attached hydrogens (tertiary/aromatic N) is 1. The summed E-state index contributed by atoms with van der Waals surface area (Å²) >= 11 is 5.94.